The molecule has 7 heteroatoms. The van der Waals surface area contributed by atoms with Crippen LogP contribution in [0.1, 0.15) is 48.3 Å². The van der Waals surface area contributed by atoms with E-state index in [1.165, 1.54) is 6.07 Å². The Bertz CT molecular complexity index is 1020. The normalized spacial score (nSPS) is 14.4. The van der Waals surface area contributed by atoms with Gasteiger partial charge in [0.05, 0.1) is 11.3 Å². The van der Waals surface area contributed by atoms with E-state index in [0.717, 1.165) is 30.0 Å². The molecular formula is C23H29FN4O2. The van der Waals surface area contributed by atoms with E-state index in [4.69, 9.17) is 0 Å². The summed E-state index contributed by atoms with van der Waals surface area (Å²) in [6, 6.07) is 3.02. The van der Waals surface area contributed by atoms with Crippen molar-refractivity contribution in [3.05, 3.63) is 46.0 Å². The van der Waals surface area contributed by atoms with Crippen LogP contribution in [0.5, 0.6) is 0 Å². The number of carbonyl (C=O) groups excluding carboxylic acids is 2. The first kappa shape index (κ1) is 21.8. The predicted octanol–water partition coefficient (Wildman–Crippen LogP) is 4.24. The number of H-pyrrole nitrogens is 1. The van der Waals surface area contributed by atoms with E-state index >= 15 is 0 Å². The monoisotopic (exact) mass is 412 g/mol. The van der Waals surface area contributed by atoms with Crippen LogP contribution < -0.4 is 10.6 Å². The first-order chi connectivity index (χ1) is 14.2. The molecule has 3 N–H and O–H groups in total. The molecule has 160 valence electrons. The molecular weight excluding hydrogens is 383 g/mol. The van der Waals surface area contributed by atoms with Gasteiger partial charge in [-0.1, -0.05) is 13.8 Å². The number of halogens is 1. The molecule has 1 aromatic heterocycles. The Morgan fingerprint density at radius 3 is 2.57 bits per heavy atom. The fraction of sp³-hybridized carbons (Fsp3) is 0.391. The molecule has 0 saturated carbocycles. The molecule has 0 radical (unpaired) electrons. The quantitative estimate of drug-likeness (QED) is 0.595. The molecule has 0 atom stereocenters. The number of nitrogens with one attached hydrogen (secondary N) is 3. The van der Waals surface area contributed by atoms with Crippen LogP contribution in [0.25, 0.3) is 11.6 Å². The Labute approximate surface area is 176 Å². The number of hydrogen-bond donors (Lipinski definition) is 3. The van der Waals surface area contributed by atoms with Crippen LogP contribution in [0, 0.1) is 26.6 Å². The number of carbonyl (C=O) groups is 2. The van der Waals surface area contributed by atoms with Crippen LogP contribution >= 0.6 is 0 Å². The Kier molecular flexibility index (Phi) is 6.41. The van der Waals surface area contributed by atoms with E-state index in [1.54, 1.807) is 19.1 Å². The summed E-state index contributed by atoms with van der Waals surface area (Å²) in [5, 5.41) is 5.77. The number of hydrogen-bond acceptors (Lipinski definition) is 3. The van der Waals surface area contributed by atoms with Crippen LogP contribution in [-0.2, 0) is 9.59 Å². The van der Waals surface area contributed by atoms with E-state index in [0.29, 0.717) is 41.0 Å². The minimum Gasteiger partial charge on any atom is -0.357 e. The summed E-state index contributed by atoms with van der Waals surface area (Å²) in [6.45, 7) is 12.1. The van der Waals surface area contributed by atoms with E-state index in [9.17, 15) is 14.0 Å². The van der Waals surface area contributed by atoms with Crippen LogP contribution in [-0.4, -0.2) is 41.3 Å². The minimum absolute atomic E-state index is 0.0483. The number of benzene rings is 1. The van der Waals surface area contributed by atoms with Gasteiger partial charge in [-0.25, -0.2) is 4.39 Å². The summed E-state index contributed by atoms with van der Waals surface area (Å²) in [6.07, 6.45) is 2.13. The zero-order valence-electron chi connectivity index (χ0n) is 18.2. The van der Waals surface area contributed by atoms with Gasteiger partial charge in [0.2, 0.25) is 5.91 Å². The SMILES string of the molecule is CCN(CC)CCC(=O)Nc1c(C)[nH]c(C=C2C(=O)Nc3cc(C)c(F)cc32)c1C. The van der Waals surface area contributed by atoms with Crippen LogP contribution in [0.15, 0.2) is 12.1 Å². The molecule has 1 aliphatic rings. The number of aromatic amines is 1. The Morgan fingerprint density at radius 2 is 1.90 bits per heavy atom. The van der Waals surface area contributed by atoms with Gasteiger partial charge in [0.25, 0.3) is 5.91 Å². The van der Waals surface area contributed by atoms with Crippen molar-refractivity contribution in [1.82, 2.24) is 9.88 Å². The Balaban J connectivity index is 1.84. The second-order valence-corrected chi connectivity index (χ2v) is 7.65. The minimum atomic E-state index is -0.350. The highest BCUT2D eigenvalue weighted by Crippen LogP contribution is 2.36. The van der Waals surface area contributed by atoms with E-state index in [-0.39, 0.29) is 17.6 Å². The number of rotatable bonds is 7. The lowest BCUT2D eigenvalue weighted by Gasteiger charge is -2.17. The molecule has 0 saturated heterocycles. The summed E-state index contributed by atoms with van der Waals surface area (Å²) in [4.78, 5) is 30.3. The number of amides is 2. The molecule has 0 aliphatic carbocycles. The molecule has 1 aliphatic heterocycles. The van der Waals surface area contributed by atoms with Gasteiger partial charge in [-0.15, -0.1) is 0 Å². The lowest BCUT2D eigenvalue weighted by molar-refractivity contribution is -0.116. The van der Waals surface area contributed by atoms with Crippen molar-refractivity contribution in [3.8, 4) is 0 Å². The van der Waals surface area contributed by atoms with E-state index < -0.39 is 0 Å². The van der Waals surface area contributed by atoms with Crippen LogP contribution in [0.4, 0.5) is 15.8 Å². The first-order valence-corrected chi connectivity index (χ1v) is 10.3. The zero-order chi connectivity index (χ0) is 22.0. The molecule has 0 fully saturated rings. The molecule has 6 nitrogen and oxygen atoms in total. The number of fused-ring (bicyclic) bond motifs is 1. The highest BCUT2D eigenvalue weighted by Gasteiger charge is 2.26. The highest BCUT2D eigenvalue weighted by molar-refractivity contribution is 6.35. The maximum absolute atomic E-state index is 14.1. The van der Waals surface area contributed by atoms with Crippen molar-refractivity contribution in [2.75, 3.05) is 30.3 Å². The topological polar surface area (TPSA) is 77.2 Å². The van der Waals surface area contributed by atoms with Crippen molar-refractivity contribution < 1.29 is 14.0 Å². The molecule has 2 aromatic rings. The van der Waals surface area contributed by atoms with E-state index in [2.05, 4.69) is 34.4 Å². The standard InChI is InChI=1S/C23H29FN4O2/c1-6-28(7-2)9-8-21(29)27-22-14(4)19(25-15(22)5)12-17-16-11-18(24)13(3)10-20(16)26-23(17)30/h10-12,25H,6-9H2,1-5H3,(H,26,30)(H,27,29). The maximum Gasteiger partial charge on any atom is 0.256 e. The second-order valence-electron chi connectivity index (χ2n) is 7.65. The summed E-state index contributed by atoms with van der Waals surface area (Å²) in [7, 11) is 0. The van der Waals surface area contributed by atoms with Crippen molar-refractivity contribution >= 4 is 34.8 Å². The zero-order valence-corrected chi connectivity index (χ0v) is 18.2. The van der Waals surface area contributed by atoms with Gasteiger partial charge < -0.3 is 20.5 Å². The lowest BCUT2D eigenvalue weighted by Crippen LogP contribution is -2.27. The summed E-state index contributed by atoms with van der Waals surface area (Å²) in [5.41, 5.74) is 5.11. The first-order valence-electron chi connectivity index (χ1n) is 10.3. The molecule has 2 amide bonds. The summed E-state index contributed by atoms with van der Waals surface area (Å²) >= 11 is 0. The Morgan fingerprint density at radius 1 is 1.20 bits per heavy atom. The average molecular weight is 413 g/mol. The molecule has 0 spiro atoms. The molecule has 1 aromatic carbocycles. The number of nitrogens with zero attached hydrogens (tertiary/aromatic N) is 1. The number of aryl methyl sites for hydroxylation is 2. The van der Waals surface area contributed by atoms with Gasteiger partial charge in [0.15, 0.2) is 0 Å². The average Bonchev–Trinajstić information content (AvgIpc) is 3.14. The van der Waals surface area contributed by atoms with Crippen molar-refractivity contribution in [1.29, 1.82) is 0 Å². The summed E-state index contributed by atoms with van der Waals surface area (Å²) < 4.78 is 14.1. The Hall–Kier alpha value is -2.93. The second kappa shape index (κ2) is 8.83. The van der Waals surface area contributed by atoms with Crippen molar-refractivity contribution in [2.24, 2.45) is 0 Å². The van der Waals surface area contributed by atoms with Gasteiger partial charge in [0.1, 0.15) is 5.82 Å². The molecule has 3 rings (SSSR count). The molecule has 0 bridgehead atoms. The lowest BCUT2D eigenvalue weighted by atomic mass is 10.0. The van der Waals surface area contributed by atoms with Crippen LogP contribution in [0.3, 0.4) is 0 Å². The van der Waals surface area contributed by atoms with Crippen molar-refractivity contribution in [3.63, 3.8) is 0 Å². The van der Waals surface area contributed by atoms with Gasteiger partial charge in [-0.05, 0) is 63.2 Å². The van der Waals surface area contributed by atoms with Crippen molar-refractivity contribution in [2.45, 2.75) is 41.0 Å². The third-order valence-corrected chi connectivity index (χ3v) is 5.66. The van der Waals surface area contributed by atoms with E-state index in [1.807, 2.05) is 13.8 Å². The number of aromatic nitrogens is 1. The predicted molar refractivity (Wildman–Crippen MR) is 119 cm³/mol. The van der Waals surface area contributed by atoms with Gasteiger partial charge in [-0.2, -0.15) is 0 Å². The molecule has 30 heavy (non-hydrogen) atoms. The molecule has 0 unspecified atom stereocenters. The fourth-order valence-electron chi connectivity index (χ4n) is 3.71. The summed E-state index contributed by atoms with van der Waals surface area (Å²) in [5.74, 6) is -0.670. The van der Waals surface area contributed by atoms with Crippen LogP contribution in [0.2, 0.25) is 0 Å². The largest absolute Gasteiger partial charge is 0.357 e. The van der Waals surface area contributed by atoms with Gasteiger partial charge >= 0.3 is 0 Å². The third-order valence-electron chi connectivity index (χ3n) is 5.66. The molecule has 2 heterocycles. The van der Waals surface area contributed by atoms with Gasteiger partial charge in [0, 0.05) is 35.6 Å². The smallest absolute Gasteiger partial charge is 0.256 e. The maximum atomic E-state index is 14.1. The third kappa shape index (κ3) is 4.31. The van der Waals surface area contributed by atoms with Gasteiger partial charge in [-0.3, -0.25) is 9.59 Å². The highest BCUT2D eigenvalue weighted by atomic mass is 19.1. The number of anilines is 2. The fourth-order valence-corrected chi connectivity index (χ4v) is 3.71.